The molecule has 0 saturated carbocycles. The van der Waals surface area contributed by atoms with Crippen molar-refractivity contribution in [1.82, 2.24) is 9.47 Å². The van der Waals surface area contributed by atoms with E-state index in [9.17, 15) is 9.90 Å². The minimum atomic E-state index is -0.271. The summed E-state index contributed by atoms with van der Waals surface area (Å²) in [6.07, 6.45) is 2.40. The first-order valence-corrected chi connectivity index (χ1v) is 6.98. The Morgan fingerprint density at radius 3 is 2.37 bits per heavy atom. The Morgan fingerprint density at radius 1 is 1.26 bits per heavy atom. The lowest BCUT2D eigenvalue weighted by atomic mass is 10.1. The van der Waals surface area contributed by atoms with Crippen LogP contribution in [-0.4, -0.2) is 27.7 Å². The number of rotatable bonds is 2. The fraction of sp³-hybridized carbons (Fsp3) is 0.667. The third-order valence-corrected chi connectivity index (χ3v) is 3.71. The zero-order chi connectivity index (χ0) is 14.2. The lowest BCUT2D eigenvalue weighted by molar-refractivity contribution is 0.283. The van der Waals surface area contributed by atoms with E-state index in [1.807, 2.05) is 6.92 Å². The predicted octanol–water partition coefficient (Wildman–Crippen LogP) is 2.21. The monoisotopic (exact) mass is 264 g/mol. The van der Waals surface area contributed by atoms with E-state index >= 15 is 0 Å². The molecule has 1 N–H and O–H groups in total. The highest BCUT2D eigenvalue weighted by molar-refractivity contribution is 5.31. The van der Waals surface area contributed by atoms with E-state index in [2.05, 4.69) is 30.2 Å². The van der Waals surface area contributed by atoms with Gasteiger partial charge < -0.3 is 9.67 Å². The van der Waals surface area contributed by atoms with Crippen molar-refractivity contribution < 1.29 is 5.11 Å². The minimum Gasteiger partial charge on any atom is -0.503 e. The molecular weight excluding hydrogens is 240 g/mol. The smallest absolute Gasteiger partial charge is 0.223 e. The standard InChI is InChI=1S/C15H24N2O2/c1-11-9-13(18)14(19)12(17(11)15(2,3)4)10-16-7-5-6-8-16/h9,19H,5-8,10H2,1-4H3. The summed E-state index contributed by atoms with van der Waals surface area (Å²) in [5.41, 5.74) is 1.24. The van der Waals surface area contributed by atoms with Crippen LogP contribution >= 0.6 is 0 Å². The van der Waals surface area contributed by atoms with Gasteiger partial charge in [0.1, 0.15) is 0 Å². The quantitative estimate of drug-likeness (QED) is 0.891. The molecule has 0 aliphatic carbocycles. The Labute approximate surface area is 114 Å². The summed E-state index contributed by atoms with van der Waals surface area (Å²) in [6.45, 7) is 11.0. The SMILES string of the molecule is Cc1cc(=O)c(O)c(CN2CCCC2)n1C(C)(C)C. The molecule has 0 spiro atoms. The van der Waals surface area contributed by atoms with Crippen LogP contribution in [0.2, 0.25) is 0 Å². The van der Waals surface area contributed by atoms with E-state index in [0.29, 0.717) is 6.54 Å². The maximum absolute atomic E-state index is 11.8. The zero-order valence-corrected chi connectivity index (χ0v) is 12.4. The summed E-state index contributed by atoms with van der Waals surface area (Å²) < 4.78 is 2.09. The van der Waals surface area contributed by atoms with Gasteiger partial charge in [0.15, 0.2) is 5.75 Å². The van der Waals surface area contributed by atoms with Crippen molar-refractivity contribution in [3.8, 4) is 5.75 Å². The number of aryl methyl sites for hydroxylation is 1. The van der Waals surface area contributed by atoms with Gasteiger partial charge in [0.05, 0.1) is 5.69 Å². The Bertz CT molecular complexity index is 520. The fourth-order valence-corrected chi connectivity index (χ4v) is 3.02. The van der Waals surface area contributed by atoms with Gasteiger partial charge in [0.2, 0.25) is 5.43 Å². The van der Waals surface area contributed by atoms with E-state index in [0.717, 1.165) is 24.5 Å². The second-order valence-corrected chi connectivity index (χ2v) is 6.43. The Balaban J connectivity index is 2.51. The predicted molar refractivity (Wildman–Crippen MR) is 76.6 cm³/mol. The van der Waals surface area contributed by atoms with Crippen molar-refractivity contribution in [2.24, 2.45) is 0 Å². The molecule has 1 aliphatic heterocycles. The van der Waals surface area contributed by atoms with E-state index in [1.54, 1.807) is 0 Å². The molecule has 1 aromatic rings. The summed E-state index contributed by atoms with van der Waals surface area (Å²) in [5.74, 6) is -0.0903. The zero-order valence-electron chi connectivity index (χ0n) is 12.4. The first-order chi connectivity index (χ1) is 8.80. The molecule has 0 amide bonds. The Morgan fingerprint density at radius 2 is 1.84 bits per heavy atom. The maximum Gasteiger partial charge on any atom is 0.223 e. The number of hydrogen-bond donors (Lipinski definition) is 1. The van der Waals surface area contributed by atoms with Gasteiger partial charge in [-0.1, -0.05) is 0 Å². The normalized spacial score (nSPS) is 17.1. The van der Waals surface area contributed by atoms with Gasteiger partial charge in [-0.2, -0.15) is 0 Å². The fourth-order valence-electron chi connectivity index (χ4n) is 3.02. The number of likely N-dealkylation sites (tertiary alicyclic amines) is 1. The average molecular weight is 264 g/mol. The number of nitrogens with zero attached hydrogens (tertiary/aromatic N) is 2. The first-order valence-electron chi connectivity index (χ1n) is 6.98. The molecule has 2 heterocycles. The van der Waals surface area contributed by atoms with Crippen LogP contribution in [0.5, 0.6) is 5.75 Å². The van der Waals surface area contributed by atoms with E-state index in [1.165, 1.54) is 18.9 Å². The van der Waals surface area contributed by atoms with Crippen molar-refractivity contribution in [2.75, 3.05) is 13.1 Å². The molecular formula is C15H24N2O2. The third kappa shape index (κ3) is 2.84. The Hall–Kier alpha value is -1.29. The van der Waals surface area contributed by atoms with Gasteiger partial charge in [-0.3, -0.25) is 9.69 Å². The number of pyridine rings is 1. The summed E-state index contributed by atoms with van der Waals surface area (Å²) in [4.78, 5) is 14.1. The molecule has 1 fully saturated rings. The van der Waals surface area contributed by atoms with Crippen molar-refractivity contribution in [1.29, 1.82) is 0 Å². The summed E-state index contributed by atoms with van der Waals surface area (Å²) >= 11 is 0. The van der Waals surface area contributed by atoms with Crippen LogP contribution < -0.4 is 5.43 Å². The summed E-state index contributed by atoms with van der Waals surface area (Å²) in [7, 11) is 0. The second-order valence-electron chi connectivity index (χ2n) is 6.43. The number of aromatic nitrogens is 1. The van der Waals surface area contributed by atoms with Crippen LogP contribution in [0.1, 0.15) is 45.0 Å². The summed E-state index contributed by atoms with van der Waals surface area (Å²) in [5, 5.41) is 10.2. The molecule has 1 aliphatic rings. The van der Waals surface area contributed by atoms with Crippen LogP contribution in [0.15, 0.2) is 10.9 Å². The van der Waals surface area contributed by atoms with Gasteiger partial charge in [-0.25, -0.2) is 0 Å². The molecule has 106 valence electrons. The molecule has 0 atom stereocenters. The first kappa shape index (κ1) is 14.1. The highest BCUT2D eigenvalue weighted by Crippen LogP contribution is 2.26. The van der Waals surface area contributed by atoms with Crippen LogP contribution in [-0.2, 0) is 12.1 Å². The Kier molecular flexibility index (Phi) is 3.72. The lowest BCUT2D eigenvalue weighted by Crippen LogP contribution is -2.32. The van der Waals surface area contributed by atoms with E-state index < -0.39 is 0 Å². The van der Waals surface area contributed by atoms with Gasteiger partial charge in [0, 0.05) is 23.8 Å². The number of hydrogen-bond acceptors (Lipinski definition) is 3. The highest BCUT2D eigenvalue weighted by atomic mass is 16.3. The van der Waals surface area contributed by atoms with Crippen molar-refractivity contribution >= 4 is 0 Å². The molecule has 4 heteroatoms. The van der Waals surface area contributed by atoms with Crippen molar-refractivity contribution in [3.05, 3.63) is 27.7 Å². The van der Waals surface area contributed by atoms with Crippen molar-refractivity contribution in [3.63, 3.8) is 0 Å². The molecule has 0 radical (unpaired) electrons. The van der Waals surface area contributed by atoms with Gasteiger partial charge >= 0.3 is 0 Å². The molecule has 0 aromatic carbocycles. The molecule has 1 saturated heterocycles. The summed E-state index contributed by atoms with van der Waals surface area (Å²) in [6, 6.07) is 1.52. The van der Waals surface area contributed by atoms with Crippen LogP contribution in [0.4, 0.5) is 0 Å². The maximum atomic E-state index is 11.8. The van der Waals surface area contributed by atoms with Crippen LogP contribution in [0, 0.1) is 6.92 Å². The molecule has 0 unspecified atom stereocenters. The van der Waals surface area contributed by atoms with E-state index in [-0.39, 0.29) is 16.7 Å². The lowest BCUT2D eigenvalue weighted by Gasteiger charge is -2.31. The van der Waals surface area contributed by atoms with Gasteiger partial charge in [-0.15, -0.1) is 0 Å². The molecule has 19 heavy (non-hydrogen) atoms. The third-order valence-electron chi connectivity index (χ3n) is 3.71. The average Bonchev–Trinajstić information content (AvgIpc) is 2.76. The molecule has 4 nitrogen and oxygen atoms in total. The molecule has 2 rings (SSSR count). The van der Waals surface area contributed by atoms with Gasteiger partial charge in [0.25, 0.3) is 0 Å². The van der Waals surface area contributed by atoms with Gasteiger partial charge in [-0.05, 0) is 53.6 Å². The topological polar surface area (TPSA) is 45.5 Å². The van der Waals surface area contributed by atoms with Crippen molar-refractivity contribution in [2.45, 2.75) is 52.6 Å². The largest absolute Gasteiger partial charge is 0.503 e. The number of aromatic hydroxyl groups is 1. The van der Waals surface area contributed by atoms with E-state index in [4.69, 9.17) is 0 Å². The van der Waals surface area contributed by atoms with Crippen LogP contribution in [0.3, 0.4) is 0 Å². The van der Waals surface area contributed by atoms with Crippen LogP contribution in [0.25, 0.3) is 0 Å². The minimum absolute atomic E-state index is 0.0903. The molecule has 1 aromatic heterocycles. The molecule has 0 bridgehead atoms. The second kappa shape index (κ2) is 5.00. The highest BCUT2D eigenvalue weighted by Gasteiger charge is 2.24.